The molecule has 0 amide bonds. The molecule has 2 atom stereocenters. The number of hydrogen-bond donors (Lipinski definition) is 0. The maximum Gasteiger partial charge on any atom is 0.328 e. The maximum absolute atomic E-state index is 11.7. The van der Waals surface area contributed by atoms with Gasteiger partial charge in [-0.15, -0.1) is 0 Å². The highest BCUT2D eigenvalue weighted by molar-refractivity contribution is 6.02. The molecule has 2 aliphatic rings. The van der Waals surface area contributed by atoms with E-state index >= 15 is 0 Å². The lowest BCUT2D eigenvalue weighted by molar-refractivity contribution is -0.154. The van der Waals surface area contributed by atoms with E-state index in [1.54, 1.807) is 0 Å². The summed E-state index contributed by atoms with van der Waals surface area (Å²) in [4.78, 5) is 23.2. The molecule has 1 aliphatic heterocycles. The lowest BCUT2D eigenvalue weighted by Gasteiger charge is -2.25. The predicted molar refractivity (Wildman–Crippen MR) is 54.8 cm³/mol. The van der Waals surface area contributed by atoms with Crippen molar-refractivity contribution >= 4 is 11.9 Å². The summed E-state index contributed by atoms with van der Waals surface area (Å²) in [5, 5.41) is 0. The molecule has 80 valence electrons. The maximum atomic E-state index is 11.7. The van der Waals surface area contributed by atoms with Crippen LogP contribution in [0.2, 0.25) is 0 Å². The molecule has 1 heterocycles. The lowest BCUT2D eigenvalue weighted by Crippen LogP contribution is -2.31. The molecule has 0 N–H and O–H groups in total. The molecule has 0 spiro atoms. The Bertz CT molecular complexity index is 354. The van der Waals surface area contributed by atoms with Gasteiger partial charge in [0.2, 0.25) is 0 Å². The molecule has 2 rings (SSSR count). The van der Waals surface area contributed by atoms with Crippen molar-refractivity contribution in [2.75, 3.05) is 0 Å². The minimum absolute atomic E-state index is 0.308. The molecule has 1 aliphatic carbocycles. The number of carbonyl (C=O) groups is 2. The molecule has 0 saturated carbocycles. The molecule has 0 aromatic rings. The van der Waals surface area contributed by atoms with E-state index in [-0.39, 0.29) is 11.9 Å². The molecule has 0 aromatic carbocycles. The monoisotopic (exact) mass is 206 g/mol. The number of cyclic esters (lactones) is 2. The van der Waals surface area contributed by atoms with Crippen molar-refractivity contribution in [1.82, 2.24) is 0 Å². The summed E-state index contributed by atoms with van der Waals surface area (Å²) in [6, 6.07) is 0. The fourth-order valence-corrected chi connectivity index (χ4v) is 2.22. The summed E-state index contributed by atoms with van der Waals surface area (Å²) < 4.78 is 4.73. The van der Waals surface area contributed by atoms with Crippen LogP contribution in [0.3, 0.4) is 0 Å². The van der Waals surface area contributed by atoms with E-state index in [2.05, 4.69) is 0 Å². The van der Waals surface area contributed by atoms with Crippen LogP contribution in [0, 0.1) is 11.3 Å². The Morgan fingerprint density at radius 3 is 3.13 bits per heavy atom. The Morgan fingerprint density at radius 2 is 2.40 bits per heavy atom. The number of esters is 2. The third-order valence-electron chi connectivity index (χ3n) is 3.05. The number of allylic oxidation sites excluding steroid dienone is 2. The van der Waals surface area contributed by atoms with Crippen molar-refractivity contribution in [3.8, 4) is 0 Å². The van der Waals surface area contributed by atoms with Gasteiger partial charge in [0.15, 0.2) is 0 Å². The summed E-state index contributed by atoms with van der Waals surface area (Å²) in [5.74, 6) is -1.10. The third-order valence-corrected chi connectivity index (χ3v) is 3.05. The van der Waals surface area contributed by atoms with Crippen LogP contribution in [-0.2, 0) is 14.3 Å². The Kier molecular flexibility index (Phi) is 2.47. The molecule has 0 bridgehead atoms. The summed E-state index contributed by atoms with van der Waals surface area (Å²) >= 11 is 0. The Labute approximate surface area is 88.8 Å². The van der Waals surface area contributed by atoms with Crippen molar-refractivity contribution in [3.63, 3.8) is 0 Å². The smallest absolute Gasteiger partial charge is 0.328 e. The van der Waals surface area contributed by atoms with Crippen molar-refractivity contribution < 1.29 is 14.3 Å². The first kappa shape index (κ1) is 10.1. The quantitative estimate of drug-likeness (QED) is 0.394. The van der Waals surface area contributed by atoms with E-state index in [4.69, 9.17) is 4.74 Å². The highest BCUT2D eigenvalue weighted by Crippen LogP contribution is 2.44. The largest absolute Gasteiger partial charge is 0.392 e. The molecule has 0 aromatic heterocycles. The first-order chi connectivity index (χ1) is 7.20. The minimum atomic E-state index is -0.800. The zero-order chi connectivity index (χ0) is 10.9. The average Bonchev–Trinajstić information content (AvgIpc) is 2.50. The van der Waals surface area contributed by atoms with E-state index < -0.39 is 11.4 Å². The molecular weight excluding hydrogens is 192 g/mol. The lowest BCUT2D eigenvalue weighted by atomic mass is 9.71. The molecule has 15 heavy (non-hydrogen) atoms. The van der Waals surface area contributed by atoms with Crippen LogP contribution in [-0.4, -0.2) is 11.9 Å². The normalized spacial score (nSPS) is 34.6. The fourth-order valence-electron chi connectivity index (χ4n) is 2.22. The van der Waals surface area contributed by atoms with Crippen molar-refractivity contribution in [2.24, 2.45) is 11.3 Å². The van der Waals surface area contributed by atoms with E-state index in [0.29, 0.717) is 6.42 Å². The van der Waals surface area contributed by atoms with Gasteiger partial charge in [-0.25, -0.2) is 0 Å². The highest BCUT2D eigenvalue weighted by Gasteiger charge is 2.54. The second-order valence-electron chi connectivity index (χ2n) is 3.98. The topological polar surface area (TPSA) is 43.4 Å². The van der Waals surface area contributed by atoms with Crippen LogP contribution < -0.4 is 0 Å². The number of fused-ring (bicyclic) bond motifs is 1. The van der Waals surface area contributed by atoms with Gasteiger partial charge in [0.25, 0.3) is 0 Å². The molecule has 3 nitrogen and oxygen atoms in total. The van der Waals surface area contributed by atoms with Gasteiger partial charge in [0.1, 0.15) is 5.41 Å². The van der Waals surface area contributed by atoms with Crippen molar-refractivity contribution in [2.45, 2.75) is 26.2 Å². The molecule has 0 radical (unpaired) electrons. The van der Waals surface area contributed by atoms with Crippen LogP contribution in [0.4, 0.5) is 0 Å². The number of carbonyl (C=O) groups excluding carboxylic acids is 2. The fraction of sp³-hybridized carbons (Fsp3) is 0.500. The third kappa shape index (κ3) is 1.42. The Morgan fingerprint density at radius 1 is 1.60 bits per heavy atom. The Balaban J connectivity index is 2.42. The molecular formula is C12H14O3. The first-order valence-electron chi connectivity index (χ1n) is 5.32. The van der Waals surface area contributed by atoms with Gasteiger partial charge in [-0.05, 0) is 19.3 Å². The van der Waals surface area contributed by atoms with Crippen LogP contribution in [0.15, 0.2) is 24.3 Å². The standard InChI is InChI=1S/C12H14O3/c1-2-3-7-12-8-5-4-6-9(12)10(13)15-11(12)14/h3,5,7-9H,2,4,6H2,1H3. The van der Waals surface area contributed by atoms with E-state index in [0.717, 1.165) is 12.8 Å². The predicted octanol–water partition coefficient (Wildman–Crippen LogP) is 1.99. The van der Waals surface area contributed by atoms with Gasteiger partial charge in [0, 0.05) is 0 Å². The number of ether oxygens (including phenoxy) is 1. The zero-order valence-electron chi connectivity index (χ0n) is 8.73. The molecule has 2 unspecified atom stereocenters. The SMILES string of the molecule is CCC=CC12C=CCCC1C(=O)OC2=O. The second kappa shape index (κ2) is 3.65. The van der Waals surface area contributed by atoms with Gasteiger partial charge in [-0.2, -0.15) is 0 Å². The average molecular weight is 206 g/mol. The van der Waals surface area contributed by atoms with Crippen LogP contribution in [0.25, 0.3) is 0 Å². The van der Waals surface area contributed by atoms with Gasteiger partial charge >= 0.3 is 11.9 Å². The molecule has 1 fully saturated rings. The van der Waals surface area contributed by atoms with Gasteiger partial charge in [0.05, 0.1) is 5.92 Å². The molecule has 1 saturated heterocycles. The van der Waals surface area contributed by atoms with Gasteiger partial charge in [-0.3, -0.25) is 9.59 Å². The summed E-state index contributed by atoms with van der Waals surface area (Å²) in [7, 11) is 0. The zero-order valence-corrected chi connectivity index (χ0v) is 8.73. The van der Waals surface area contributed by atoms with Gasteiger partial charge in [-0.1, -0.05) is 31.2 Å². The van der Waals surface area contributed by atoms with E-state index in [1.807, 2.05) is 31.2 Å². The van der Waals surface area contributed by atoms with Crippen LogP contribution in [0.5, 0.6) is 0 Å². The van der Waals surface area contributed by atoms with E-state index in [1.165, 1.54) is 0 Å². The van der Waals surface area contributed by atoms with Crippen LogP contribution in [0.1, 0.15) is 26.2 Å². The van der Waals surface area contributed by atoms with Crippen LogP contribution >= 0.6 is 0 Å². The summed E-state index contributed by atoms with van der Waals surface area (Å²) in [6.07, 6.45) is 9.91. The van der Waals surface area contributed by atoms with Gasteiger partial charge < -0.3 is 4.74 Å². The number of hydrogen-bond acceptors (Lipinski definition) is 3. The first-order valence-corrected chi connectivity index (χ1v) is 5.32. The summed E-state index contributed by atoms with van der Waals surface area (Å²) in [5.41, 5.74) is -0.800. The summed E-state index contributed by atoms with van der Waals surface area (Å²) in [6.45, 7) is 2.00. The van der Waals surface area contributed by atoms with Crippen molar-refractivity contribution in [1.29, 1.82) is 0 Å². The highest BCUT2D eigenvalue weighted by atomic mass is 16.6. The Hall–Kier alpha value is -1.38. The minimum Gasteiger partial charge on any atom is -0.392 e. The van der Waals surface area contributed by atoms with E-state index in [9.17, 15) is 9.59 Å². The second-order valence-corrected chi connectivity index (χ2v) is 3.98. The number of rotatable bonds is 2. The molecule has 3 heteroatoms. The van der Waals surface area contributed by atoms with Crippen molar-refractivity contribution in [3.05, 3.63) is 24.3 Å².